The number of sulfone groups is 1. The Labute approximate surface area is 219 Å². The number of pyridine rings is 1. The van der Waals surface area contributed by atoms with Crippen molar-refractivity contribution in [3.8, 4) is 17.5 Å². The van der Waals surface area contributed by atoms with Crippen LogP contribution < -0.4 is 9.47 Å². The first-order valence-electron chi connectivity index (χ1n) is 12.4. The molecule has 3 rings (SSSR count). The first kappa shape index (κ1) is 30.2. The van der Waals surface area contributed by atoms with E-state index in [0.29, 0.717) is 48.8 Å². The molecule has 206 valence electrons. The van der Waals surface area contributed by atoms with Crippen molar-refractivity contribution in [3.63, 3.8) is 0 Å². The Morgan fingerprint density at radius 2 is 1.76 bits per heavy atom. The zero-order chi connectivity index (χ0) is 27.6. The van der Waals surface area contributed by atoms with Crippen LogP contribution in [0.1, 0.15) is 51.8 Å². The average molecular weight is 539 g/mol. The van der Waals surface area contributed by atoms with Crippen LogP contribution in [0.15, 0.2) is 23.5 Å². The number of carbonyl (C=O) groups excluding carboxylic acids is 1. The maximum atomic E-state index is 12.4. The van der Waals surface area contributed by atoms with Gasteiger partial charge < -0.3 is 23.8 Å². The molecule has 37 heavy (non-hydrogen) atoms. The number of likely N-dealkylation sites (tertiary alicyclic amines) is 1. The highest BCUT2D eigenvalue weighted by molar-refractivity contribution is 7.91. The molecule has 3 heterocycles. The number of aromatic nitrogens is 3. The minimum Gasteiger partial charge on any atom is -0.474 e. The lowest BCUT2D eigenvalue weighted by Gasteiger charge is -2.31. The molecule has 0 aliphatic carbocycles. The number of nitrogens with zero attached hydrogens (tertiary/aromatic N) is 4. The molecule has 1 saturated heterocycles. The van der Waals surface area contributed by atoms with Gasteiger partial charge in [-0.1, -0.05) is 13.8 Å². The van der Waals surface area contributed by atoms with Crippen molar-refractivity contribution in [2.24, 2.45) is 0 Å². The highest BCUT2D eigenvalue weighted by Crippen LogP contribution is 2.30. The minimum atomic E-state index is -3.55. The maximum absolute atomic E-state index is 12.4. The molecule has 1 fully saturated rings. The molecule has 11 nitrogen and oxygen atoms in total. The van der Waals surface area contributed by atoms with E-state index in [4.69, 9.17) is 18.9 Å². The van der Waals surface area contributed by atoms with Crippen molar-refractivity contribution in [1.82, 2.24) is 19.9 Å². The third-order valence-electron chi connectivity index (χ3n) is 5.40. The molecule has 1 aliphatic heterocycles. The van der Waals surface area contributed by atoms with Crippen LogP contribution in [0.2, 0.25) is 0 Å². The second-order valence-corrected chi connectivity index (χ2v) is 10.5. The number of ether oxygens (including phenoxy) is 4. The van der Waals surface area contributed by atoms with E-state index in [-0.39, 0.29) is 41.6 Å². The third-order valence-corrected chi connectivity index (χ3v) is 6.97. The topological polar surface area (TPSA) is 130 Å². The van der Waals surface area contributed by atoms with Gasteiger partial charge in [0.25, 0.3) is 0 Å². The number of carbonyl (C=O) groups is 1. The summed E-state index contributed by atoms with van der Waals surface area (Å²) in [5.74, 6) is 0.899. The van der Waals surface area contributed by atoms with Gasteiger partial charge in [0.2, 0.25) is 11.8 Å². The molecule has 0 spiro atoms. The number of aryl methyl sites for hydroxylation is 1. The smallest absolute Gasteiger partial charge is 0.410 e. The average Bonchev–Trinajstić information content (AvgIpc) is 2.87. The second-order valence-electron chi connectivity index (χ2n) is 8.49. The Morgan fingerprint density at radius 3 is 2.35 bits per heavy atom. The van der Waals surface area contributed by atoms with Gasteiger partial charge in [0, 0.05) is 33.0 Å². The molecule has 2 aromatic rings. The van der Waals surface area contributed by atoms with E-state index in [9.17, 15) is 13.2 Å². The summed E-state index contributed by atoms with van der Waals surface area (Å²) < 4.78 is 46.8. The van der Waals surface area contributed by atoms with Gasteiger partial charge in [-0.05, 0) is 39.8 Å². The monoisotopic (exact) mass is 538 g/mol. The van der Waals surface area contributed by atoms with Crippen LogP contribution in [0.4, 0.5) is 4.79 Å². The van der Waals surface area contributed by atoms with Gasteiger partial charge in [0.1, 0.15) is 12.4 Å². The molecule has 0 bridgehead atoms. The van der Waals surface area contributed by atoms with E-state index < -0.39 is 9.84 Å². The number of hydrogen-bond donors (Lipinski definition) is 0. The first-order valence-corrected chi connectivity index (χ1v) is 14.1. The van der Waals surface area contributed by atoms with E-state index in [1.54, 1.807) is 24.8 Å². The van der Waals surface area contributed by atoms with E-state index in [0.717, 1.165) is 0 Å². The highest BCUT2D eigenvalue weighted by atomic mass is 32.2. The molecule has 2 aromatic heterocycles. The van der Waals surface area contributed by atoms with Gasteiger partial charge in [-0.15, -0.1) is 0 Å². The summed E-state index contributed by atoms with van der Waals surface area (Å²) in [6.07, 6.45) is 2.06. The fourth-order valence-corrected chi connectivity index (χ4v) is 4.59. The first-order chi connectivity index (χ1) is 17.6. The summed E-state index contributed by atoms with van der Waals surface area (Å²) in [7, 11) is -2.11. The molecular formula is C25H38N4O7S. The largest absolute Gasteiger partial charge is 0.474 e. The summed E-state index contributed by atoms with van der Waals surface area (Å²) in [6, 6.07) is 2.95. The van der Waals surface area contributed by atoms with E-state index in [1.807, 2.05) is 27.7 Å². The van der Waals surface area contributed by atoms with Crippen LogP contribution in [0.3, 0.4) is 0 Å². The Morgan fingerprint density at radius 1 is 1.11 bits per heavy atom. The fraction of sp³-hybridized carbons (Fsp3) is 0.600. The summed E-state index contributed by atoms with van der Waals surface area (Å²) in [5, 5.41) is -0.0357. The molecule has 0 unspecified atom stereocenters. The van der Waals surface area contributed by atoms with Crippen LogP contribution in [-0.4, -0.2) is 79.1 Å². The number of rotatable bonds is 9. The number of amides is 1. The molecule has 0 radical (unpaired) electrons. The Kier molecular flexibility index (Phi) is 11.5. The van der Waals surface area contributed by atoms with Crippen molar-refractivity contribution in [2.75, 3.05) is 32.6 Å². The van der Waals surface area contributed by atoms with Crippen LogP contribution in [0.5, 0.6) is 17.5 Å². The van der Waals surface area contributed by atoms with E-state index in [1.165, 1.54) is 19.5 Å². The molecule has 0 atom stereocenters. The van der Waals surface area contributed by atoms with E-state index in [2.05, 4.69) is 15.0 Å². The Bertz CT molecular complexity index is 1130. The van der Waals surface area contributed by atoms with Gasteiger partial charge in [0.05, 0.1) is 29.7 Å². The second kappa shape index (κ2) is 14.1. The van der Waals surface area contributed by atoms with Gasteiger partial charge in [-0.25, -0.2) is 28.2 Å². The van der Waals surface area contributed by atoms with Crippen molar-refractivity contribution in [3.05, 3.63) is 29.7 Å². The predicted octanol–water partition coefficient (Wildman–Crippen LogP) is 4.12. The summed E-state index contributed by atoms with van der Waals surface area (Å²) in [4.78, 5) is 26.4. The summed E-state index contributed by atoms with van der Waals surface area (Å²) in [5.41, 5.74) is 1.01. The van der Waals surface area contributed by atoms with Gasteiger partial charge in [0.15, 0.2) is 20.6 Å². The number of methoxy groups -OCH3 is 1. The Hall–Kier alpha value is -2.99. The standard InChI is InChI=1S/C23H32N4O7S.C2H6/c1-15(2)32-23(28)27-10-8-18(9-11-27)33-21-16(3)22(25-14-24-21)34-19-6-7-20(26-17(19)4)35(29,30)13-12-31-5;1-2/h6-7,14-15,18H,8-13H2,1-5H3;1-2H3. The lowest BCUT2D eigenvalue weighted by atomic mass is 10.1. The van der Waals surface area contributed by atoms with Crippen molar-refractivity contribution in [2.45, 2.75) is 71.6 Å². The van der Waals surface area contributed by atoms with Crippen molar-refractivity contribution < 1.29 is 32.2 Å². The molecule has 0 saturated carbocycles. The summed E-state index contributed by atoms with van der Waals surface area (Å²) in [6.45, 7) is 12.3. The molecule has 1 amide bonds. The third kappa shape index (κ3) is 8.53. The van der Waals surface area contributed by atoms with Crippen molar-refractivity contribution in [1.29, 1.82) is 0 Å². The zero-order valence-corrected chi connectivity index (χ0v) is 23.5. The molecule has 12 heteroatoms. The highest BCUT2D eigenvalue weighted by Gasteiger charge is 2.26. The molecular weight excluding hydrogens is 500 g/mol. The van der Waals surface area contributed by atoms with Crippen LogP contribution in [-0.2, 0) is 19.3 Å². The quantitative estimate of drug-likeness (QED) is 0.459. The summed E-state index contributed by atoms with van der Waals surface area (Å²) >= 11 is 0. The fourth-order valence-electron chi connectivity index (χ4n) is 3.44. The molecule has 0 aromatic carbocycles. The minimum absolute atomic E-state index is 0.0357. The lowest BCUT2D eigenvalue weighted by molar-refractivity contribution is 0.0505. The van der Waals surface area contributed by atoms with Gasteiger partial charge in [-0.3, -0.25) is 0 Å². The normalized spacial score (nSPS) is 14.1. The maximum Gasteiger partial charge on any atom is 0.410 e. The van der Waals surface area contributed by atoms with Gasteiger partial charge >= 0.3 is 6.09 Å². The van der Waals surface area contributed by atoms with Crippen LogP contribution in [0, 0.1) is 13.8 Å². The van der Waals surface area contributed by atoms with Crippen LogP contribution >= 0.6 is 0 Å². The number of hydrogen-bond acceptors (Lipinski definition) is 10. The van der Waals surface area contributed by atoms with Gasteiger partial charge in [-0.2, -0.15) is 0 Å². The predicted molar refractivity (Wildman–Crippen MR) is 138 cm³/mol. The SMILES string of the molecule is CC.COCCS(=O)(=O)c1ccc(Oc2ncnc(OC3CCN(C(=O)OC(C)C)CC3)c2C)c(C)n1. The van der Waals surface area contributed by atoms with Crippen molar-refractivity contribution >= 4 is 15.9 Å². The molecule has 0 N–H and O–H groups in total. The zero-order valence-electron chi connectivity index (χ0n) is 22.7. The molecule has 1 aliphatic rings. The Balaban J connectivity index is 0.00000235. The number of piperidine rings is 1. The van der Waals surface area contributed by atoms with Crippen LogP contribution in [0.25, 0.3) is 0 Å². The van der Waals surface area contributed by atoms with E-state index >= 15 is 0 Å². The lowest BCUT2D eigenvalue weighted by Crippen LogP contribution is -2.42.